The molecule has 0 saturated carbocycles. The van der Waals surface area contributed by atoms with E-state index >= 15 is 0 Å². The number of halogens is 3. The Hall–Kier alpha value is -2.97. The van der Waals surface area contributed by atoms with E-state index in [2.05, 4.69) is 15.3 Å². The molecule has 0 aliphatic carbocycles. The molecule has 0 radical (unpaired) electrons. The summed E-state index contributed by atoms with van der Waals surface area (Å²) in [5.41, 5.74) is 6.05. The van der Waals surface area contributed by atoms with Crippen LogP contribution in [0.5, 0.6) is 11.6 Å². The van der Waals surface area contributed by atoms with Crippen LogP contribution in [0.2, 0.25) is 0 Å². The number of pyridine rings is 1. The predicted molar refractivity (Wildman–Crippen MR) is 95.9 cm³/mol. The Balaban J connectivity index is 1.66. The standard InChI is InChI=1S/C18H21F3N4O2/c1-26-15-5-2-13(3-6-15)8-9-23-17(22)24-10-11-27-16-7-4-14(12-25-16)18(19,20)21/h2-7,12H,8-11H2,1H3,(H3,22,23,24). The number of hydrogen-bond donors (Lipinski definition) is 2. The molecule has 0 aliphatic heterocycles. The van der Waals surface area contributed by atoms with Gasteiger partial charge in [0.15, 0.2) is 5.96 Å². The maximum absolute atomic E-state index is 12.4. The summed E-state index contributed by atoms with van der Waals surface area (Å²) < 4.78 is 47.7. The zero-order chi connectivity index (χ0) is 19.7. The molecule has 6 nitrogen and oxygen atoms in total. The van der Waals surface area contributed by atoms with Gasteiger partial charge >= 0.3 is 6.18 Å². The Labute approximate surface area is 155 Å². The van der Waals surface area contributed by atoms with Crippen LogP contribution in [0.1, 0.15) is 11.1 Å². The number of ether oxygens (including phenoxy) is 2. The lowest BCUT2D eigenvalue weighted by atomic mass is 10.1. The van der Waals surface area contributed by atoms with Gasteiger partial charge < -0.3 is 20.5 Å². The van der Waals surface area contributed by atoms with Gasteiger partial charge in [-0.25, -0.2) is 4.98 Å². The van der Waals surface area contributed by atoms with Gasteiger partial charge in [0.25, 0.3) is 0 Å². The van der Waals surface area contributed by atoms with E-state index < -0.39 is 11.7 Å². The summed E-state index contributed by atoms with van der Waals surface area (Å²) in [5, 5.41) is 2.87. The molecular weight excluding hydrogens is 361 g/mol. The van der Waals surface area contributed by atoms with Gasteiger partial charge in [0.2, 0.25) is 5.88 Å². The number of alkyl halides is 3. The average Bonchev–Trinajstić information content (AvgIpc) is 2.65. The molecule has 0 fully saturated rings. The number of nitrogens with one attached hydrogen (secondary N) is 1. The van der Waals surface area contributed by atoms with Crippen molar-refractivity contribution in [1.29, 1.82) is 0 Å². The maximum Gasteiger partial charge on any atom is 0.417 e. The Bertz CT molecular complexity index is 732. The summed E-state index contributed by atoms with van der Waals surface area (Å²) in [6.07, 6.45) is -2.94. The number of aromatic nitrogens is 1. The second kappa shape index (κ2) is 9.65. The molecule has 1 heterocycles. The fourth-order valence-electron chi connectivity index (χ4n) is 2.12. The topological polar surface area (TPSA) is 81.8 Å². The minimum Gasteiger partial charge on any atom is -0.497 e. The molecule has 1 aromatic carbocycles. The predicted octanol–water partition coefficient (Wildman–Crippen LogP) is 2.63. The third kappa shape index (κ3) is 7.04. The van der Waals surface area contributed by atoms with Crippen molar-refractivity contribution in [2.75, 3.05) is 26.8 Å². The summed E-state index contributed by atoms with van der Waals surface area (Å²) in [4.78, 5) is 7.82. The second-order valence-electron chi connectivity index (χ2n) is 5.52. The van der Waals surface area contributed by atoms with Crippen molar-refractivity contribution in [2.24, 2.45) is 10.7 Å². The van der Waals surface area contributed by atoms with Crippen LogP contribution >= 0.6 is 0 Å². The van der Waals surface area contributed by atoms with Gasteiger partial charge in [-0.05, 0) is 30.2 Å². The van der Waals surface area contributed by atoms with Gasteiger partial charge in [-0.1, -0.05) is 12.1 Å². The van der Waals surface area contributed by atoms with E-state index in [1.165, 1.54) is 6.07 Å². The van der Waals surface area contributed by atoms with E-state index in [0.29, 0.717) is 13.1 Å². The molecule has 0 amide bonds. The third-order valence-corrected chi connectivity index (χ3v) is 3.56. The Morgan fingerprint density at radius 2 is 1.93 bits per heavy atom. The van der Waals surface area contributed by atoms with Gasteiger partial charge in [0.05, 0.1) is 19.2 Å². The highest BCUT2D eigenvalue weighted by molar-refractivity contribution is 5.77. The molecule has 2 aromatic rings. The first kappa shape index (κ1) is 20.3. The fraction of sp³-hybridized carbons (Fsp3) is 0.333. The van der Waals surface area contributed by atoms with Gasteiger partial charge in [-0.2, -0.15) is 13.2 Å². The number of nitrogens with zero attached hydrogens (tertiary/aromatic N) is 2. The van der Waals surface area contributed by atoms with Crippen molar-refractivity contribution in [3.63, 3.8) is 0 Å². The van der Waals surface area contributed by atoms with Crippen LogP contribution in [-0.4, -0.2) is 37.7 Å². The highest BCUT2D eigenvalue weighted by Gasteiger charge is 2.30. The van der Waals surface area contributed by atoms with Gasteiger partial charge in [-0.15, -0.1) is 0 Å². The lowest BCUT2D eigenvalue weighted by Crippen LogP contribution is -2.35. The highest BCUT2D eigenvalue weighted by Crippen LogP contribution is 2.29. The third-order valence-electron chi connectivity index (χ3n) is 3.56. The van der Waals surface area contributed by atoms with E-state index in [4.69, 9.17) is 15.2 Å². The van der Waals surface area contributed by atoms with Gasteiger partial charge in [0.1, 0.15) is 12.4 Å². The number of aliphatic imine (C=N–C) groups is 1. The number of rotatable bonds is 8. The van der Waals surface area contributed by atoms with E-state index in [9.17, 15) is 13.2 Å². The number of benzene rings is 1. The molecule has 2 rings (SSSR count). The molecule has 9 heteroatoms. The summed E-state index contributed by atoms with van der Waals surface area (Å²) in [6, 6.07) is 9.78. The van der Waals surface area contributed by atoms with Crippen LogP contribution in [0, 0.1) is 0 Å². The zero-order valence-electron chi connectivity index (χ0n) is 14.8. The summed E-state index contributed by atoms with van der Waals surface area (Å²) in [7, 11) is 1.61. The van der Waals surface area contributed by atoms with Crippen LogP contribution in [-0.2, 0) is 12.6 Å². The number of methoxy groups -OCH3 is 1. The zero-order valence-corrected chi connectivity index (χ0v) is 14.8. The van der Waals surface area contributed by atoms with Gasteiger partial charge in [-0.3, -0.25) is 4.99 Å². The average molecular weight is 382 g/mol. The molecule has 0 atom stereocenters. The molecule has 1 aromatic heterocycles. The molecule has 3 N–H and O–H groups in total. The first-order chi connectivity index (χ1) is 12.9. The molecule has 0 spiro atoms. The summed E-state index contributed by atoms with van der Waals surface area (Å²) in [5.74, 6) is 1.18. The lowest BCUT2D eigenvalue weighted by molar-refractivity contribution is -0.137. The van der Waals surface area contributed by atoms with E-state index in [1.54, 1.807) is 7.11 Å². The Morgan fingerprint density at radius 3 is 2.52 bits per heavy atom. The van der Waals surface area contributed by atoms with Crippen LogP contribution in [0.15, 0.2) is 47.6 Å². The first-order valence-electron chi connectivity index (χ1n) is 8.21. The van der Waals surface area contributed by atoms with Crippen molar-refractivity contribution in [3.8, 4) is 11.6 Å². The van der Waals surface area contributed by atoms with Crippen LogP contribution in [0.25, 0.3) is 0 Å². The first-order valence-corrected chi connectivity index (χ1v) is 8.21. The van der Waals surface area contributed by atoms with Crippen molar-refractivity contribution in [2.45, 2.75) is 12.6 Å². The molecule has 146 valence electrons. The monoisotopic (exact) mass is 382 g/mol. The normalized spacial score (nSPS) is 11.9. The smallest absolute Gasteiger partial charge is 0.417 e. The van der Waals surface area contributed by atoms with Crippen molar-refractivity contribution >= 4 is 5.96 Å². The molecule has 27 heavy (non-hydrogen) atoms. The van der Waals surface area contributed by atoms with Crippen LogP contribution < -0.4 is 20.5 Å². The largest absolute Gasteiger partial charge is 0.497 e. The SMILES string of the molecule is COc1ccc(CCN=C(N)NCCOc2ccc(C(F)(F)F)cn2)cc1. The van der Waals surface area contributed by atoms with E-state index in [-0.39, 0.29) is 18.4 Å². The summed E-state index contributed by atoms with van der Waals surface area (Å²) in [6.45, 7) is 1.06. The minimum atomic E-state index is -4.41. The number of nitrogens with two attached hydrogens (primary N) is 1. The number of guanidine groups is 1. The van der Waals surface area contributed by atoms with Crippen LogP contribution in [0.3, 0.4) is 0 Å². The molecular formula is C18H21F3N4O2. The second-order valence-corrected chi connectivity index (χ2v) is 5.52. The maximum atomic E-state index is 12.4. The van der Waals surface area contributed by atoms with Crippen molar-refractivity contribution in [1.82, 2.24) is 10.3 Å². The molecule has 0 unspecified atom stereocenters. The van der Waals surface area contributed by atoms with Gasteiger partial charge in [0, 0.05) is 18.8 Å². The quantitative estimate of drug-likeness (QED) is 0.417. The van der Waals surface area contributed by atoms with E-state index in [1.807, 2.05) is 24.3 Å². The number of hydrogen-bond acceptors (Lipinski definition) is 4. The highest BCUT2D eigenvalue weighted by atomic mass is 19.4. The van der Waals surface area contributed by atoms with Crippen molar-refractivity contribution < 1.29 is 22.6 Å². The van der Waals surface area contributed by atoms with E-state index in [0.717, 1.165) is 30.0 Å². The molecule has 0 aliphatic rings. The summed E-state index contributed by atoms with van der Waals surface area (Å²) >= 11 is 0. The van der Waals surface area contributed by atoms with Crippen molar-refractivity contribution in [3.05, 3.63) is 53.7 Å². The fourth-order valence-corrected chi connectivity index (χ4v) is 2.12. The van der Waals surface area contributed by atoms with Crippen LogP contribution in [0.4, 0.5) is 13.2 Å². The minimum absolute atomic E-state index is 0.111. The Morgan fingerprint density at radius 1 is 1.19 bits per heavy atom. The molecule has 0 saturated heterocycles. The molecule has 0 bridgehead atoms. The Kier molecular flexibility index (Phi) is 7.27. The lowest BCUT2D eigenvalue weighted by Gasteiger charge is -2.09.